The van der Waals surface area contributed by atoms with Crippen LogP contribution in [0.4, 0.5) is 0 Å². The van der Waals surface area contributed by atoms with Crippen molar-refractivity contribution in [3.05, 3.63) is 41.5 Å². The highest BCUT2D eigenvalue weighted by atomic mass is 79.9. The molecule has 0 aliphatic heterocycles. The SMILES string of the molecule is O=C/C=C/c1ccc(C#CCCBr)cc1. The molecule has 2 heteroatoms. The first kappa shape index (κ1) is 11.7. The molecular weight excluding hydrogens is 252 g/mol. The van der Waals surface area contributed by atoms with E-state index in [1.54, 1.807) is 6.08 Å². The van der Waals surface area contributed by atoms with Crippen LogP contribution in [-0.2, 0) is 4.79 Å². The van der Waals surface area contributed by atoms with Gasteiger partial charge in [-0.2, -0.15) is 0 Å². The molecule has 0 saturated heterocycles. The number of aldehydes is 1. The van der Waals surface area contributed by atoms with Crippen molar-refractivity contribution in [3.63, 3.8) is 0 Å². The van der Waals surface area contributed by atoms with Gasteiger partial charge in [0.2, 0.25) is 0 Å². The van der Waals surface area contributed by atoms with E-state index in [1.807, 2.05) is 24.3 Å². The van der Waals surface area contributed by atoms with E-state index in [-0.39, 0.29) is 0 Å². The Hall–Kier alpha value is -1.33. The van der Waals surface area contributed by atoms with E-state index in [9.17, 15) is 4.79 Å². The van der Waals surface area contributed by atoms with Crippen LogP contribution in [-0.4, -0.2) is 11.6 Å². The van der Waals surface area contributed by atoms with Crippen molar-refractivity contribution in [1.82, 2.24) is 0 Å². The third-order valence-electron chi connectivity index (χ3n) is 1.73. The summed E-state index contributed by atoms with van der Waals surface area (Å²) < 4.78 is 0. The molecule has 0 N–H and O–H groups in total. The zero-order valence-electron chi connectivity index (χ0n) is 8.24. The summed E-state index contributed by atoms with van der Waals surface area (Å²) in [5.74, 6) is 6.10. The Bertz CT molecular complexity index is 393. The van der Waals surface area contributed by atoms with Crippen molar-refractivity contribution in [2.24, 2.45) is 0 Å². The molecular formula is C13H11BrO. The molecule has 15 heavy (non-hydrogen) atoms. The minimum atomic E-state index is 0.768. The maximum absolute atomic E-state index is 10.1. The molecule has 0 bridgehead atoms. The zero-order chi connectivity index (χ0) is 10.9. The number of carbonyl (C=O) groups is 1. The van der Waals surface area contributed by atoms with E-state index >= 15 is 0 Å². The van der Waals surface area contributed by atoms with Crippen LogP contribution >= 0.6 is 15.9 Å². The molecule has 0 saturated carbocycles. The van der Waals surface area contributed by atoms with Gasteiger partial charge in [0.15, 0.2) is 0 Å². The van der Waals surface area contributed by atoms with Gasteiger partial charge >= 0.3 is 0 Å². The smallest absolute Gasteiger partial charge is 0.142 e. The molecule has 1 aromatic carbocycles. The van der Waals surface area contributed by atoms with Crippen molar-refractivity contribution in [2.45, 2.75) is 6.42 Å². The summed E-state index contributed by atoms with van der Waals surface area (Å²) in [6, 6.07) is 7.79. The highest BCUT2D eigenvalue weighted by Crippen LogP contribution is 2.04. The number of allylic oxidation sites excluding steroid dienone is 1. The molecule has 1 aromatic rings. The number of rotatable bonds is 3. The van der Waals surface area contributed by atoms with Gasteiger partial charge in [-0.1, -0.05) is 46.0 Å². The van der Waals surface area contributed by atoms with Crippen LogP contribution in [0.3, 0.4) is 0 Å². The lowest BCUT2D eigenvalue weighted by molar-refractivity contribution is -0.104. The minimum Gasteiger partial charge on any atom is -0.299 e. The molecule has 0 aliphatic carbocycles. The van der Waals surface area contributed by atoms with Crippen molar-refractivity contribution in [1.29, 1.82) is 0 Å². The second-order valence-electron chi connectivity index (χ2n) is 2.86. The highest BCUT2D eigenvalue weighted by molar-refractivity contribution is 9.09. The fourth-order valence-electron chi connectivity index (χ4n) is 1.04. The third kappa shape index (κ3) is 4.62. The van der Waals surface area contributed by atoms with E-state index in [0.29, 0.717) is 0 Å². The average molecular weight is 263 g/mol. The number of hydrogen-bond acceptors (Lipinski definition) is 1. The number of hydrogen-bond donors (Lipinski definition) is 0. The van der Waals surface area contributed by atoms with Crippen molar-refractivity contribution < 1.29 is 4.79 Å². The predicted molar refractivity (Wildman–Crippen MR) is 66.8 cm³/mol. The lowest BCUT2D eigenvalue weighted by atomic mass is 10.1. The van der Waals surface area contributed by atoms with Gasteiger partial charge in [0.25, 0.3) is 0 Å². The van der Waals surface area contributed by atoms with Crippen LogP contribution in [0.1, 0.15) is 17.5 Å². The highest BCUT2D eigenvalue weighted by Gasteiger charge is 1.87. The molecule has 0 aliphatic rings. The van der Waals surface area contributed by atoms with E-state index < -0.39 is 0 Å². The van der Waals surface area contributed by atoms with E-state index in [4.69, 9.17) is 0 Å². The number of halogens is 1. The lowest BCUT2D eigenvalue weighted by Crippen LogP contribution is -1.76. The zero-order valence-corrected chi connectivity index (χ0v) is 9.83. The molecule has 0 unspecified atom stereocenters. The van der Waals surface area contributed by atoms with Crippen molar-refractivity contribution in [3.8, 4) is 11.8 Å². The van der Waals surface area contributed by atoms with Crippen LogP contribution in [0.15, 0.2) is 30.3 Å². The third-order valence-corrected chi connectivity index (χ3v) is 2.13. The number of benzene rings is 1. The normalized spacial score (nSPS) is 9.67. The first-order chi connectivity index (χ1) is 7.36. The molecule has 0 radical (unpaired) electrons. The minimum absolute atomic E-state index is 0.768. The second kappa shape index (κ2) is 7.03. The molecule has 0 heterocycles. The van der Waals surface area contributed by atoms with Gasteiger partial charge in [0.05, 0.1) is 0 Å². The second-order valence-corrected chi connectivity index (χ2v) is 3.65. The fraction of sp³-hybridized carbons (Fsp3) is 0.154. The quantitative estimate of drug-likeness (QED) is 0.354. The van der Waals surface area contributed by atoms with Gasteiger partial charge < -0.3 is 0 Å². The van der Waals surface area contributed by atoms with Gasteiger partial charge in [-0.05, 0) is 23.8 Å². The topological polar surface area (TPSA) is 17.1 Å². The molecule has 0 aromatic heterocycles. The molecule has 0 fully saturated rings. The van der Waals surface area contributed by atoms with Gasteiger partial charge in [0, 0.05) is 17.3 Å². The van der Waals surface area contributed by atoms with Gasteiger partial charge in [-0.15, -0.1) is 0 Å². The standard InChI is InChI=1S/C13H11BrO/c14-10-2-1-4-12-6-8-13(9-7-12)5-3-11-15/h3,5-9,11H,2,10H2/b5-3+. The molecule has 0 amide bonds. The van der Waals surface area contributed by atoms with Crippen molar-refractivity contribution >= 4 is 28.3 Å². The Morgan fingerprint density at radius 1 is 1.27 bits per heavy atom. The Kier molecular flexibility index (Phi) is 5.50. The fourth-order valence-corrected chi connectivity index (χ4v) is 1.24. The Morgan fingerprint density at radius 2 is 2.00 bits per heavy atom. The lowest BCUT2D eigenvalue weighted by Gasteiger charge is -1.92. The van der Waals surface area contributed by atoms with Crippen LogP contribution in [0.5, 0.6) is 0 Å². The first-order valence-corrected chi connectivity index (χ1v) is 5.75. The van der Waals surface area contributed by atoms with E-state index in [0.717, 1.165) is 29.2 Å². The maximum Gasteiger partial charge on any atom is 0.142 e. The summed E-state index contributed by atoms with van der Waals surface area (Å²) in [6.07, 6.45) is 4.87. The largest absolute Gasteiger partial charge is 0.299 e. The molecule has 76 valence electrons. The van der Waals surface area contributed by atoms with Crippen molar-refractivity contribution in [2.75, 3.05) is 5.33 Å². The Morgan fingerprint density at radius 3 is 2.60 bits per heavy atom. The van der Waals surface area contributed by atoms with Crippen LogP contribution in [0.25, 0.3) is 6.08 Å². The predicted octanol–water partition coefficient (Wildman–Crippen LogP) is 3.04. The number of alkyl halides is 1. The number of carbonyl (C=O) groups excluding carboxylic acids is 1. The van der Waals surface area contributed by atoms with Gasteiger partial charge in [-0.25, -0.2) is 0 Å². The summed E-state index contributed by atoms with van der Waals surface area (Å²) in [5, 5.41) is 0.903. The molecule has 0 atom stereocenters. The molecule has 1 rings (SSSR count). The van der Waals surface area contributed by atoms with Crippen LogP contribution in [0.2, 0.25) is 0 Å². The van der Waals surface area contributed by atoms with Crippen LogP contribution in [0, 0.1) is 11.8 Å². The van der Waals surface area contributed by atoms with Gasteiger partial charge in [-0.3, -0.25) is 4.79 Å². The average Bonchev–Trinajstić information content (AvgIpc) is 2.28. The first-order valence-electron chi connectivity index (χ1n) is 4.63. The summed E-state index contributed by atoms with van der Waals surface area (Å²) in [4.78, 5) is 10.1. The summed E-state index contributed by atoms with van der Waals surface area (Å²) in [5.41, 5.74) is 2.01. The van der Waals surface area contributed by atoms with E-state index in [1.165, 1.54) is 6.08 Å². The Balaban J connectivity index is 2.69. The van der Waals surface area contributed by atoms with Crippen LogP contribution < -0.4 is 0 Å². The van der Waals surface area contributed by atoms with E-state index in [2.05, 4.69) is 27.8 Å². The monoisotopic (exact) mass is 262 g/mol. The molecule has 1 nitrogen and oxygen atoms in total. The summed E-state index contributed by atoms with van der Waals surface area (Å²) in [7, 11) is 0. The maximum atomic E-state index is 10.1. The van der Waals surface area contributed by atoms with Gasteiger partial charge in [0.1, 0.15) is 6.29 Å². The summed E-state index contributed by atoms with van der Waals surface area (Å²) >= 11 is 3.32. The Labute approximate surface area is 98.3 Å². The molecule has 0 spiro atoms. The summed E-state index contributed by atoms with van der Waals surface area (Å²) in [6.45, 7) is 0.